The summed E-state index contributed by atoms with van der Waals surface area (Å²) < 4.78 is 0. The van der Waals surface area contributed by atoms with E-state index in [1.807, 2.05) is 25.2 Å². The lowest BCUT2D eigenvalue weighted by Crippen LogP contribution is -2.43. The van der Waals surface area contributed by atoms with Crippen LogP contribution in [0.4, 0.5) is 0 Å². The molecular formula is C13H16ClNO. The van der Waals surface area contributed by atoms with E-state index in [9.17, 15) is 4.79 Å². The third kappa shape index (κ3) is 2.13. The summed E-state index contributed by atoms with van der Waals surface area (Å²) in [5, 5.41) is 4.12. The lowest BCUT2D eigenvalue weighted by atomic mass is 9.76. The molecule has 86 valence electrons. The van der Waals surface area contributed by atoms with Crippen LogP contribution in [-0.2, 0) is 10.3 Å². The van der Waals surface area contributed by atoms with Gasteiger partial charge in [0.15, 0.2) is 0 Å². The van der Waals surface area contributed by atoms with Crippen molar-refractivity contribution in [2.75, 3.05) is 7.05 Å². The zero-order valence-corrected chi connectivity index (χ0v) is 10.2. The average molecular weight is 238 g/mol. The van der Waals surface area contributed by atoms with Crippen LogP contribution in [0.15, 0.2) is 24.3 Å². The number of ketones is 1. The first-order valence-electron chi connectivity index (χ1n) is 5.63. The van der Waals surface area contributed by atoms with Crippen LogP contribution in [0.3, 0.4) is 0 Å². The molecule has 1 aliphatic carbocycles. The van der Waals surface area contributed by atoms with Crippen LogP contribution in [0.25, 0.3) is 0 Å². The summed E-state index contributed by atoms with van der Waals surface area (Å²) in [5.41, 5.74) is 1.12. The molecule has 0 spiro atoms. The van der Waals surface area contributed by atoms with Crippen molar-refractivity contribution >= 4 is 17.4 Å². The minimum Gasteiger partial charge on any atom is -0.310 e. The van der Waals surface area contributed by atoms with Gasteiger partial charge in [0.1, 0.15) is 5.78 Å². The average Bonchev–Trinajstić information content (AvgIpc) is 2.31. The molecule has 0 unspecified atom stereocenters. The van der Waals surface area contributed by atoms with Crippen LogP contribution in [0.2, 0.25) is 5.02 Å². The number of halogens is 1. The van der Waals surface area contributed by atoms with Crippen LogP contribution in [-0.4, -0.2) is 12.8 Å². The molecule has 0 aliphatic heterocycles. The lowest BCUT2D eigenvalue weighted by Gasteiger charge is -2.37. The normalized spacial score (nSPS) is 19.8. The Labute approximate surface area is 101 Å². The molecule has 2 nitrogen and oxygen atoms in total. The van der Waals surface area contributed by atoms with Gasteiger partial charge < -0.3 is 5.32 Å². The second kappa shape index (κ2) is 4.56. The van der Waals surface area contributed by atoms with E-state index in [0.717, 1.165) is 17.9 Å². The fourth-order valence-corrected chi connectivity index (χ4v) is 2.62. The summed E-state index contributed by atoms with van der Waals surface area (Å²) in [5.74, 6) is 0.368. The van der Waals surface area contributed by atoms with Gasteiger partial charge in [0.25, 0.3) is 0 Å². The Morgan fingerprint density at radius 3 is 2.56 bits per heavy atom. The van der Waals surface area contributed by atoms with Crippen molar-refractivity contribution in [2.45, 2.75) is 31.2 Å². The highest BCUT2D eigenvalue weighted by atomic mass is 35.5. The van der Waals surface area contributed by atoms with E-state index in [1.165, 1.54) is 5.56 Å². The number of Topliss-reactive ketones (excluding diaryl/α,β-unsaturated/α-hetero) is 1. The fraction of sp³-hybridized carbons (Fsp3) is 0.462. The molecule has 0 amide bonds. The molecular weight excluding hydrogens is 222 g/mol. The van der Waals surface area contributed by atoms with Crippen molar-refractivity contribution in [1.82, 2.24) is 5.32 Å². The van der Waals surface area contributed by atoms with Crippen molar-refractivity contribution < 1.29 is 4.79 Å². The van der Waals surface area contributed by atoms with Crippen LogP contribution in [0, 0.1) is 0 Å². The van der Waals surface area contributed by atoms with Gasteiger partial charge in [0, 0.05) is 23.4 Å². The molecule has 0 aromatic heterocycles. The van der Waals surface area contributed by atoms with E-state index in [4.69, 9.17) is 11.6 Å². The summed E-state index contributed by atoms with van der Waals surface area (Å²) in [6, 6.07) is 7.92. The van der Waals surface area contributed by atoms with E-state index in [-0.39, 0.29) is 5.54 Å². The smallest absolute Gasteiger partial charge is 0.133 e. The first-order valence-corrected chi connectivity index (χ1v) is 6.01. The van der Waals surface area contributed by atoms with Gasteiger partial charge in [-0.1, -0.05) is 23.7 Å². The van der Waals surface area contributed by atoms with E-state index < -0.39 is 0 Å². The maximum absolute atomic E-state index is 11.3. The first-order chi connectivity index (χ1) is 7.66. The van der Waals surface area contributed by atoms with E-state index in [0.29, 0.717) is 18.6 Å². The van der Waals surface area contributed by atoms with Crippen molar-refractivity contribution in [2.24, 2.45) is 0 Å². The minimum atomic E-state index is -0.0706. The molecule has 1 saturated carbocycles. The number of carbonyl (C=O) groups is 1. The summed E-state index contributed by atoms with van der Waals surface area (Å²) in [6.07, 6.45) is 3.05. The number of nitrogens with one attached hydrogen (secondary N) is 1. The Morgan fingerprint density at radius 2 is 2.00 bits per heavy atom. The molecule has 2 rings (SSSR count). The predicted octanol–water partition coefficient (Wildman–Crippen LogP) is 2.90. The van der Waals surface area contributed by atoms with Gasteiger partial charge >= 0.3 is 0 Å². The lowest BCUT2D eigenvalue weighted by molar-refractivity contribution is -0.121. The van der Waals surface area contributed by atoms with E-state index >= 15 is 0 Å². The standard InChI is InChI=1S/C13H16ClNO/c1-15-13(7-5-12(16)6-8-13)10-3-2-4-11(14)9-10/h2-4,9,15H,5-8H2,1H3. The molecule has 0 atom stereocenters. The molecule has 16 heavy (non-hydrogen) atoms. The van der Waals surface area contributed by atoms with Crippen LogP contribution < -0.4 is 5.32 Å². The van der Waals surface area contributed by atoms with Gasteiger partial charge in [-0.25, -0.2) is 0 Å². The highest BCUT2D eigenvalue weighted by molar-refractivity contribution is 6.30. The number of hydrogen-bond donors (Lipinski definition) is 1. The Morgan fingerprint density at radius 1 is 1.31 bits per heavy atom. The Kier molecular flexibility index (Phi) is 3.31. The third-order valence-corrected chi connectivity index (χ3v) is 3.75. The Hall–Kier alpha value is -0.860. The summed E-state index contributed by atoms with van der Waals surface area (Å²) >= 11 is 6.02. The number of carbonyl (C=O) groups excluding carboxylic acids is 1. The summed E-state index contributed by atoms with van der Waals surface area (Å²) in [4.78, 5) is 11.3. The Balaban J connectivity index is 2.31. The monoisotopic (exact) mass is 237 g/mol. The molecule has 1 aliphatic rings. The van der Waals surface area contributed by atoms with Crippen LogP contribution in [0.1, 0.15) is 31.2 Å². The maximum Gasteiger partial charge on any atom is 0.133 e. The van der Waals surface area contributed by atoms with Crippen LogP contribution in [0.5, 0.6) is 0 Å². The fourth-order valence-electron chi connectivity index (χ4n) is 2.42. The quantitative estimate of drug-likeness (QED) is 0.857. The molecule has 3 heteroatoms. The van der Waals surface area contributed by atoms with Gasteiger partial charge in [0.2, 0.25) is 0 Å². The number of benzene rings is 1. The molecule has 1 fully saturated rings. The van der Waals surface area contributed by atoms with E-state index in [1.54, 1.807) is 0 Å². The predicted molar refractivity (Wildman–Crippen MR) is 65.7 cm³/mol. The summed E-state index contributed by atoms with van der Waals surface area (Å²) in [6.45, 7) is 0. The van der Waals surface area contributed by atoms with Gasteiger partial charge in [-0.05, 0) is 37.6 Å². The molecule has 0 radical (unpaired) electrons. The van der Waals surface area contributed by atoms with Crippen molar-refractivity contribution in [3.8, 4) is 0 Å². The molecule has 0 bridgehead atoms. The van der Waals surface area contributed by atoms with Gasteiger partial charge in [-0.15, -0.1) is 0 Å². The van der Waals surface area contributed by atoms with Crippen LogP contribution >= 0.6 is 11.6 Å². The molecule has 1 aromatic carbocycles. The Bertz CT molecular complexity index is 393. The molecule has 1 N–H and O–H groups in total. The zero-order valence-electron chi connectivity index (χ0n) is 9.42. The largest absolute Gasteiger partial charge is 0.310 e. The minimum absolute atomic E-state index is 0.0706. The van der Waals surface area contributed by atoms with Crippen molar-refractivity contribution in [3.63, 3.8) is 0 Å². The highest BCUT2D eigenvalue weighted by Gasteiger charge is 2.34. The summed E-state index contributed by atoms with van der Waals surface area (Å²) in [7, 11) is 1.96. The van der Waals surface area contributed by atoms with Gasteiger partial charge in [-0.3, -0.25) is 4.79 Å². The zero-order chi connectivity index (χ0) is 11.6. The molecule has 1 aromatic rings. The van der Waals surface area contributed by atoms with Crippen molar-refractivity contribution in [3.05, 3.63) is 34.9 Å². The first kappa shape index (κ1) is 11.6. The third-order valence-electron chi connectivity index (χ3n) is 3.52. The number of rotatable bonds is 2. The van der Waals surface area contributed by atoms with Gasteiger partial charge in [0.05, 0.1) is 0 Å². The molecule has 0 saturated heterocycles. The SMILES string of the molecule is CNC1(c2cccc(Cl)c2)CCC(=O)CC1. The topological polar surface area (TPSA) is 29.1 Å². The second-order valence-electron chi connectivity index (χ2n) is 4.38. The maximum atomic E-state index is 11.3. The van der Waals surface area contributed by atoms with Gasteiger partial charge in [-0.2, -0.15) is 0 Å². The highest BCUT2D eigenvalue weighted by Crippen LogP contribution is 2.36. The second-order valence-corrected chi connectivity index (χ2v) is 4.82. The van der Waals surface area contributed by atoms with E-state index in [2.05, 4.69) is 11.4 Å². The number of hydrogen-bond acceptors (Lipinski definition) is 2. The van der Waals surface area contributed by atoms with Crippen molar-refractivity contribution in [1.29, 1.82) is 0 Å². The molecule has 0 heterocycles.